The number of hydrogen-bond donors (Lipinski definition) is 0. The number of carbonyl (C=O) groups is 6. The number of hydrogen-bond acceptors (Lipinski definition) is 21. The fourth-order valence-corrected chi connectivity index (χ4v) is 7.20. The van der Waals surface area contributed by atoms with Crippen LogP contribution < -0.4 is 0 Å². The lowest BCUT2D eigenvalue weighted by Crippen LogP contribution is -2.68. The van der Waals surface area contributed by atoms with E-state index in [2.05, 4.69) is 0 Å². The topological polar surface area (TPSA) is 241 Å². The molecule has 5 fully saturated rings. The number of esters is 6. The van der Waals surface area contributed by atoms with E-state index in [1.165, 1.54) is 6.92 Å². The minimum absolute atomic E-state index is 0.135. The van der Waals surface area contributed by atoms with Crippen LogP contribution in [0.5, 0.6) is 0 Å². The van der Waals surface area contributed by atoms with Gasteiger partial charge in [0.15, 0.2) is 61.5 Å². The fraction of sp³-hybridized carbons (Fsp3) is 0.829. The fourth-order valence-electron chi connectivity index (χ4n) is 7.20. The average Bonchev–Trinajstić information content (AvgIpc) is 3.38. The Morgan fingerprint density at radius 2 is 1.05 bits per heavy atom. The second kappa shape index (κ2) is 17.9. The van der Waals surface area contributed by atoms with E-state index in [1.807, 2.05) is 0 Å². The maximum absolute atomic E-state index is 12.7. The summed E-state index contributed by atoms with van der Waals surface area (Å²) >= 11 is 0. The zero-order valence-electron chi connectivity index (χ0n) is 32.7. The second-order valence-corrected chi connectivity index (χ2v) is 14.3. The molecule has 5 rings (SSSR count). The van der Waals surface area contributed by atoms with Gasteiger partial charge in [-0.2, -0.15) is 0 Å². The Kier molecular flexibility index (Phi) is 14.0. The van der Waals surface area contributed by atoms with Crippen LogP contribution in [0.4, 0.5) is 0 Å². The highest BCUT2D eigenvalue weighted by Gasteiger charge is 2.61. The molecular formula is C35H50O21. The van der Waals surface area contributed by atoms with Crippen LogP contribution in [0.3, 0.4) is 0 Å². The molecule has 0 spiro atoms. The summed E-state index contributed by atoms with van der Waals surface area (Å²) < 4.78 is 88.6. The van der Waals surface area contributed by atoms with Gasteiger partial charge in [0.1, 0.15) is 43.2 Å². The SMILES string of the molecule is CC(=O)OCC1OC(OC2C(C)OC(OC3C4OC(C)OCC4OC4OC(C)(C)OC43)C(OC(C)=O)C2OC(C)=O)C(OC(C)=O)C(OC(C)=O)C1OC(C)=O. The Morgan fingerprint density at radius 3 is 1.61 bits per heavy atom. The molecule has 0 aromatic carbocycles. The molecule has 21 heteroatoms. The van der Waals surface area contributed by atoms with Crippen molar-refractivity contribution < 1.29 is 99.8 Å². The lowest BCUT2D eigenvalue weighted by Gasteiger charge is -2.50. The van der Waals surface area contributed by atoms with Crippen LogP contribution in [-0.4, -0.2) is 153 Å². The van der Waals surface area contributed by atoms with E-state index in [1.54, 1.807) is 20.8 Å². The number of ether oxygens (including phenoxy) is 15. The molecule has 0 aromatic heterocycles. The molecule has 0 bridgehead atoms. The summed E-state index contributed by atoms with van der Waals surface area (Å²) in [6.45, 7) is 12.8. The maximum atomic E-state index is 12.7. The molecule has 0 N–H and O–H groups in total. The normalized spacial score (nSPS) is 40.2. The summed E-state index contributed by atoms with van der Waals surface area (Å²) in [7, 11) is 0. The third-order valence-corrected chi connectivity index (χ3v) is 9.12. The smallest absolute Gasteiger partial charge is 0.303 e. The molecule has 0 saturated carbocycles. The van der Waals surface area contributed by atoms with Gasteiger partial charge in [0.2, 0.25) is 0 Å². The second-order valence-electron chi connectivity index (χ2n) is 14.3. The number of fused-ring (bicyclic) bond motifs is 2. The van der Waals surface area contributed by atoms with Gasteiger partial charge in [-0.05, 0) is 27.7 Å². The Hall–Kier alpha value is -3.54. The van der Waals surface area contributed by atoms with Crippen molar-refractivity contribution in [2.24, 2.45) is 0 Å². The molecule has 5 aliphatic rings. The van der Waals surface area contributed by atoms with Crippen LogP contribution >= 0.6 is 0 Å². The van der Waals surface area contributed by atoms with Gasteiger partial charge in [0, 0.05) is 41.5 Å². The van der Waals surface area contributed by atoms with Crippen molar-refractivity contribution in [1.29, 1.82) is 0 Å². The zero-order valence-corrected chi connectivity index (χ0v) is 32.7. The van der Waals surface area contributed by atoms with Crippen LogP contribution in [0.15, 0.2) is 0 Å². The van der Waals surface area contributed by atoms with E-state index in [4.69, 9.17) is 71.1 Å². The third-order valence-electron chi connectivity index (χ3n) is 9.12. The molecule has 21 nitrogen and oxygen atoms in total. The summed E-state index contributed by atoms with van der Waals surface area (Å²) in [5, 5.41) is 0. The highest BCUT2D eigenvalue weighted by atomic mass is 16.9. The molecule has 16 unspecified atom stereocenters. The minimum Gasteiger partial charge on any atom is -0.463 e. The van der Waals surface area contributed by atoms with Crippen LogP contribution in [-0.2, 0) is 99.8 Å². The van der Waals surface area contributed by atoms with Crippen molar-refractivity contribution in [3.8, 4) is 0 Å². The van der Waals surface area contributed by atoms with Gasteiger partial charge in [-0.1, -0.05) is 0 Å². The molecule has 316 valence electrons. The first-order valence-electron chi connectivity index (χ1n) is 18.1. The van der Waals surface area contributed by atoms with Gasteiger partial charge in [-0.25, -0.2) is 0 Å². The quantitative estimate of drug-likeness (QED) is 0.198. The van der Waals surface area contributed by atoms with E-state index in [9.17, 15) is 28.8 Å². The van der Waals surface area contributed by atoms with Gasteiger partial charge in [0.05, 0.1) is 12.7 Å². The van der Waals surface area contributed by atoms with Crippen molar-refractivity contribution in [3.63, 3.8) is 0 Å². The molecule has 0 amide bonds. The highest BCUT2D eigenvalue weighted by Crippen LogP contribution is 2.42. The van der Waals surface area contributed by atoms with Crippen LogP contribution in [0.25, 0.3) is 0 Å². The number of carbonyl (C=O) groups excluding carboxylic acids is 6. The average molecular weight is 807 g/mol. The van der Waals surface area contributed by atoms with Gasteiger partial charge in [-0.15, -0.1) is 0 Å². The summed E-state index contributed by atoms with van der Waals surface area (Å²) in [6.07, 6.45) is -19.6. The summed E-state index contributed by atoms with van der Waals surface area (Å²) in [4.78, 5) is 74.3. The molecular weight excluding hydrogens is 756 g/mol. The molecule has 0 aliphatic carbocycles. The summed E-state index contributed by atoms with van der Waals surface area (Å²) in [5.41, 5.74) is 0. The van der Waals surface area contributed by atoms with Gasteiger partial charge in [0.25, 0.3) is 0 Å². The molecule has 5 heterocycles. The van der Waals surface area contributed by atoms with Crippen LogP contribution in [0, 0.1) is 0 Å². The Labute approximate surface area is 322 Å². The van der Waals surface area contributed by atoms with Crippen molar-refractivity contribution in [1.82, 2.24) is 0 Å². The zero-order chi connectivity index (χ0) is 41.2. The van der Waals surface area contributed by atoms with Crippen molar-refractivity contribution in [3.05, 3.63) is 0 Å². The first-order valence-corrected chi connectivity index (χ1v) is 18.1. The molecule has 56 heavy (non-hydrogen) atoms. The first kappa shape index (κ1) is 43.6. The Morgan fingerprint density at radius 1 is 0.554 bits per heavy atom. The van der Waals surface area contributed by atoms with E-state index in [0.29, 0.717) is 0 Å². The van der Waals surface area contributed by atoms with E-state index in [-0.39, 0.29) is 6.61 Å². The largest absolute Gasteiger partial charge is 0.463 e. The summed E-state index contributed by atoms with van der Waals surface area (Å²) in [6, 6.07) is 0. The Bertz CT molecular complexity index is 1470. The lowest BCUT2D eigenvalue weighted by atomic mass is 9.95. The molecule has 0 radical (unpaired) electrons. The van der Waals surface area contributed by atoms with Crippen LogP contribution in [0.1, 0.15) is 69.2 Å². The third kappa shape index (κ3) is 10.5. The van der Waals surface area contributed by atoms with Crippen LogP contribution in [0.2, 0.25) is 0 Å². The van der Waals surface area contributed by atoms with E-state index >= 15 is 0 Å². The van der Waals surface area contributed by atoms with E-state index in [0.717, 1.165) is 41.5 Å². The first-order chi connectivity index (χ1) is 26.2. The predicted octanol–water partition coefficient (Wildman–Crippen LogP) is 0.0859. The monoisotopic (exact) mass is 806 g/mol. The van der Waals surface area contributed by atoms with Crippen molar-refractivity contribution >= 4 is 35.8 Å². The van der Waals surface area contributed by atoms with Gasteiger partial charge in [-0.3, -0.25) is 28.8 Å². The summed E-state index contributed by atoms with van der Waals surface area (Å²) in [5.74, 6) is -6.01. The van der Waals surface area contributed by atoms with E-state index < -0.39 is 147 Å². The van der Waals surface area contributed by atoms with Crippen molar-refractivity contribution in [2.45, 2.75) is 173 Å². The van der Waals surface area contributed by atoms with Crippen molar-refractivity contribution in [2.75, 3.05) is 13.2 Å². The lowest BCUT2D eigenvalue weighted by molar-refractivity contribution is -0.383. The molecule has 16 atom stereocenters. The Balaban J connectivity index is 1.51. The standard InChI is InChI=1S/C35H50O21/c1-13-23(53-33-30(49-19(7)41)27(47-17(5)39)24(45-15(3)37)21(51-33)11-42-14(2)36)26(46-16(4)38)29(48-18(6)40)32(44-13)54-28-25-22(12-43-20(8)50-25)52-34-31(28)55-35(9,10)56-34/h13,20-34H,11-12H2,1-10H3. The molecule has 5 aliphatic heterocycles. The van der Waals surface area contributed by atoms with Gasteiger partial charge < -0.3 is 71.1 Å². The highest BCUT2D eigenvalue weighted by molar-refractivity contribution is 5.69. The van der Waals surface area contributed by atoms with Gasteiger partial charge >= 0.3 is 35.8 Å². The molecule has 0 aromatic rings. The molecule has 5 saturated heterocycles. The predicted molar refractivity (Wildman–Crippen MR) is 176 cm³/mol. The maximum Gasteiger partial charge on any atom is 0.303 e. The minimum atomic E-state index is -1.71. The number of rotatable bonds is 11.